The molecule has 2 heteroatoms. The Morgan fingerprint density at radius 3 is 1.86 bits per heavy atom. The minimum atomic E-state index is 0. The van der Waals surface area contributed by atoms with Gasteiger partial charge in [-0.15, -0.1) is 12.4 Å². The molecule has 0 bridgehead atoms. The smallest absolute Gasteiger partial charge is 0.0335 e. The molecular weight excluding hydrogens is 278 g/mol. The third-order valence-corrected chi connectivity index (χ3v) is 4.80. The maximum absolute atomic E-state index is 6.63. The summed E-state index contributed by atoms with van der Waals surface area (Å²) in [6, 6.07) is 19.7. The van der Waals surface area contributed by atoms with E-state index in [1.54, 1.807) is 0 Å². The van der Waals surface area contributed by atoms with Crippen molar-refractivity contribution in [3.8, 4) is 0 Å². The number of fused-ring (bicyclic) bond motifs is 2. The fraction of sp³-hybridized carbons (Fsp3) is 0.263. The van der Waals surface area contributed by atoms with E-state index in [-0.39, 0.29) is 18.4 Å². The fourth-order valence-corrected chi connectivity index (χ4v) is 3.44. The summed E-state index contributed by atoms with van der Waals surface area (Å²) in [5, 5.41) is 5.25. The van der Waals surface area contributed by atoms with Gasteiger partial charge in [0.1, 0.15) is 0 Å². The highest BCUT2D eigenvalue weighted by Crippen LogP contribution is 2.41. The van der Waals surface area contributed by atoms with Gasteiger partial charge >= 0.3 is 0 Å². The van der Waals surface area contributed by atoms with Gasteiger partial charge in [-0.05, 0) is 51.9 Å². The SMILES string of the molecule is Cl.N[C@H](c1c2ccccc2cc2ccccc12)C1CCC1. The normalized spacial score (nSPS) is 16.4. The highest BCUT2D eigenvalue weighted by molar-refractivity contribution is 6.02. The minimum Gasteiger partial charge on any atom is -0.324 e. The van der Waals surface area contributed by atoms with Gasteiger partial charge in [0.15, 0.2) is 0 Å². The van der Waals surface area contributed by atoms with Gasteiger partial charge in [-0.25, -0.2) is 0 Å². The van der Waals surface area contributed by atoms with Crippen molar-refractivity contribution in [2.24, 2.45) is 11.7 Å². The van der Waals surface area contributed by atoms with Gasteiger partial charge in [0.05, 0.1) is 0 Å². The topological polar surface area (TPSA) is 26.0 Å². The molecule has 1 fully saturated rings. The highest BCUT2D eigenvalue weighted by atomic mass is 35.5. The summed E-state index contributed by atoms with van der Waals surface area (Å²) in [4.78, 5) is 0. The van der Waals surface area contributed by atoms with E-state index in [9.17, 15) is 0 Å². The van der Waals surface area contributed by atoms with Crippen molar-refractivity contribution >= 4 is 34.0 Å². The van der Waals surface area contributed by atoms with E-state index in [0.29, 0.717) is 5.92 Å². The van der Waals surface area contributed by atoms with Crippen LogP contribution in [0.1, 0.15) is 30.9 Å². The molecule has 0 heterocycles. The summed E-state index contributed by atoms with van der Waals surface area (Å²) >= 11 is 0. The summed E-state index contributed by atoms with van der Waals surface area (Å²) in [5.41, 5.74) is 7.98. The molecule has 1 atom stereocenters. The number of hydrogen-bond donors (Lipinski definition) is 1. The van der Waals surface area contributed by atoms with Crippen LogP contribution in [0.4, 0.5) is 0 Å². The summed E-state index contributed by atoms with van der Waals surface area (Å²) in [5.74, 6) is 0.657. The van der Waals surface area contributed by atoms with Gasteiger partial charge in [0.2, 0.25) is 0 Å². The van der Waals surface area contributed by atoms with Crippen LogP contribution in [0.5, 0.6) is 0 Å². The second kappa shape index (κ2) is 5.67. The van der Waals surface area contributed by atoms with Crippen LogP contribution >= 0.6 is 12.4 Å². The van der Waals surface area contributed by atoms with E-state index >= 15 is 0 Å². The van der Waals surface area contributed by atoms with Crippen LogP contribution in [0.3, 0.4) is 0 Å². The molecule has 108 valence electrons. The molecule has 0 amide bonds. The quantitative estimate of drug-likeness (QED) is 0.645. The molecule has 1 aliphatic carbocycles. The average Bonchev–Trinajstić information content (AvgIpc) is 2.42. The second-order valence-corrected chi connectivity index (χ2v) is 5.95. The van der Waals surface area contributed by atoms with Crippen LogP contribution in [-0.2, 0) is 0 Å². The molecule has 0 aromatic heterocycles. The van der Waals surface area contributed by atoms with Crippen LogP contribution in [-0.4, -0.2) is 0 Å². The maximum atomic E-state index is 6.63. The van der Waals surface area contributed by atoms with Crippen molar-refractivity contribution in [1.29, 1.82) is 0 Å². The first-order valence-electron chi connectivity index (χ1n) is 7.50. The average molecular weight is 298 g/mol. The molecule has 0 saturated heterocycles. The lowest BCUT2D eigenvalue weighted by Crippen LogP contribution is -2.27. The highest BCUT2D eigenvalue weighted by Gasteiger charge is 2.27. The molecule has 1 nitrogen and oxygen atoms in total. The second-order valence-electron chi connectivity index (χ2n) is 5.95. The van der Waals surface area contributed by atoms with E-state index in [1.165, 1.54) is 46.4 Å². The molecule has 21 heavy (non-hydrogen) atoms. The molecule has 2 N–H and O–H groups in total. The third-order valence-electron chi connectivity index (χ3n) is 4.80. The van der Waals surface area contributed by atoms with Crippen molar-refractivity contribution in [2.75, 3.05) is 0 Å². The number of rotatable bonds is 2. The van der Waals surface area contributed by atoms with Gasteiger partial charge in [-0.3, -0.25) is 0 Å². The predicted molar refractivity (Wildman–Crippen MR) is 93.0 cm³/mol. The molecule has 0 spiro atoms. The summed E-state index contributed by atoms with van der Waals surface area (Å²) < 4.78 is 0. The Morgan fingerprint density at radius 2 is 1.38 bits per heavy atom. The zero-order valence-corrected chi connectivity index (χ0v) is 12.8. The Kier molecular flexibility index (Phi) is 3.88. The zero-order chi connectivity index (χ0) is 13.5. The van der Waals surface area contributed by atoms with Gasteiger partial charge < -0.3 is 5.73 Å². The number of hydrogen-bond acceptors (Lipinski definition) is 1. The van der Waals surface area contributed by atoms with Crippen LogP contribution < -0.4 is 5.73 Å². The molecular formula is C19H20ClN. The fourth-order valence-electron chi connectivity index (χ4n) is 3.44. The van der Waals surface area contributed by atoms with Gasteiger partial charge in [-0.1, -0.05) is 55.0 Å². The van der Waals surface area contributed by atoms with Crippen molar-refractivity contribution in [1.82, 2.24) is 0 Å². The molecule has 4 rings (SSSR count). The van der Waals surface area contributed by atoms with Crippen LogP contribution in [0.25, 0.3) is 21.5 Å². The number of nitrogens with two attached hydrogens (primary N) is 1. The molecule has 1 aliphatic rings. The molecule has 0 radical (unpaired) electrons. The largest absolute Gasteiger partial charge is 0.324 e. The number of benzene rings is 3. The summed E-state index contributed by atoms with van der Waals surface area (Å²) in [6.45, 7) is 0. The van der Waals surface area contributed by atoms with Crippen LogP contribution in [0.15, 0.2) is 54.6 Å². The van der Waals surface area contributed by atoms with E-state index in [1.807, 2.05) is 0 Å². The first-order valence-corrected chi connectivity index (χ1v) is 7.50. The van der Waals surface area contributed by atoms with Crippen molar-refractivity contribution in [3.63, 3.8) is 0 Å². The predicted octanol–water partition coefficient (Wildman–Crippen LogP) is 5.21. The Hall–Kier alpha value is -1.57. The van der Waals surface area contributed by atoms with Gasteiger partial charge in [-0.2, -0.15) is 0 Å². The van der Waals surface area contributed by atoms with Gasteiger partial charge in [0.25, 0.3) is 0 Å². The van der Waals surface area contributed by atoms with Crippen LogP contribution in [0, 0.1) is 5.92 Å². The summed E-state index contributed by atoms with van der Waals surface area (Å²) in [7, 11) is 0. The molecule has 0 unspecified atom stereocenters. The lowest BCUT2D eigenvalue weighted by atomic mass is 9.75. The molecule has 3 aromatic carbocycles. The maximum Gasteiger partial charge on any atom is 0.0335 e. The lowest BCUT2D eigenvalue weighted by molar-refractivity contribution is 0.266. The van der Waals surface area contributed by atoms with Crippen molar-refractivity contribution in [2.45, 2.75) is 25.3 Å². The Bertz CT molecular complexity index is 723. The first kappa shape index (κ1) is 14.4. The van der Waals surface area contributed by atoms with Crippen molar-refractivity contribution < 1.29 is 0 Å². The van der Waals surface area contributed by atoms with Gasteiger partial charge in [0, 0.05) is 6.04 Å². The Morgan fingerprint density at radius 1 is 0.857 bits per heavy atom. The Labute approximate surface area is 131 Å². The monoisotopic (exact) mass is 297 g/mol. The van der Waals surface area contributed by atoms with Crippen molar-refractivity contribution in [3.05, 3.63) is 60.2 Å². The molecule has 1 saturated carbocycles. The standard InChI is InChI=1S/C19H19N.ClH/c20-19(13-8-5-9-13)18-16-10-3-1-6-14(16)12-15-7-2-4-11-17(15)18;/h1-4,6-7,10-13,19H,5,8-9,20H2;1H/t19-;/m0./s1. The van der Waals surface area contributed by atoms with E-state index in [4.69, 9.17) is 5.73 Å². The van der Waals surface area contributed by atoms with E-state index in [0.717, 1.165) is 0 Å². The third kappa shape index (κ3) is 2.31. The summed E-state index contributed by atoms with van der Waals surface area (Å²) in [6.07, 6.45) is 3.89. The zero-order valence-electron chi connectivity index (χ0n) is 12.0. The molecule has 3 aromatic rings. The number of halogens is 1. The van der Waals surface area contributed by atoms with E-state index in [2.05, 4.69) is 54.6 Å². The minimum absolute atomic E-state index is 0. The lowest BCUT2D eigenvalue weighted by Gasteiger charge is -2.32. The molecule has 0 aliphatic heterocycles. The Balaban J connectivity index is 0.00000132. The first-order chi connectivity index (χ1) is 9.84. The van der Waals surface area contributed by atoms with E-state index < -0.39 is 0 Å². The van der Waals surface area contributed by atoms with Crippen LogP contribution in [0.2, 0.25) is 0 Å².